The molecule has 0 unspecified atom stereocenters. The molecule has 0 saturated heterocycles. The third kappa shape index (κ3) is 1.49. The molecule has 1 aromatic carbocycles. The highest BCUT2D eigenvalue weighted by Crippen LogP contribution is 2.26. The molecule has 0 aliphatic rings. The van der Waals surface area contributed by atoms with Crippen molar-refractivity contribution in [3.63, 3.8) is 0 Å². The molecule has 2 aromatic rings. The van der Waals surface area contributed by atoms with Crippen molar-refractivity contribution in [1.82, 2.24) is 9.97 Å². The third-order valence-electron chi connectivity index (χ3n) is 2.08. The molecule has 1 aromatic heterocycles. The molecule has 14 heavy (non-hydrogen) atoms. The van der Waals surface area contributed by atoms with Crippen LogP contribution in [0.25, 0.3) is 11.0 Å². The van der Waals surface area contributed by atoms with Crippen LogP contribution < -0.4 is 5.69 Å². The van der Waals surface area contributed by atoms with Crippen molar-refractivity contribution in [3.8, 4) is 0 Å². The lowest BCUT2D eigenvalue weighted by atomic mass is 10.1. The Hall–Kier alpha value is -1.07. The van der Waals surface area contributed by atoms with E-state index < -0.39 is 6.10 Å². The molecule has 0 aliphatic heterocycles. The number of aromatic amines is 2. The molecule has 74 valence electrons. The summed E-state index contributed by atoms with van der Waals surface area (Å²) in [6.45, 7) is 1.68. The summed E-state index contributed by atoms with van der Waals surface area (Å²) in [5.74, 6) is 0. The molecule has 3 N–H and O–H groups in total. The summed E-state index contributed by atoms with van der Waals surface area (Å²) in [5, 5.41) is 9.44. The maximum atomic E-state index is 11.0. The maximum absolute atomic E-state index is 11.0. The smallest absolute Gasteiger partial charge is 0.323 e. The van der Waals surface area contributed by atoms with Crippen LogP contribution in [0.4, 0.5) is 0 Å². The van der Waals surface area contributed by atoms with Gasteiger partial charge in [-0.3, -0.25) is 0 Å². The van der Waals surface area contributed by atoms with Crippen LogP contribution in [0.3, 0.4) is 0 Å². The standard InChI is InChI=1S/C9H9BrN2O2/c1-4(13)5-2-7-8(3-6(5)10)12-9(14)11-7/h2-4,13H,1H3,(H2,11,12,14)/t4-/m0/s1. The fourth-order valence-electron chi connectivity index (χ4n) is 1.39. The number of aromatic nitrogens is 2. The normalized spacial score (nSPS) is 13.4. The van der Waals surface area contributed by atoms with Crippen molar-refractivity contribution in [2.45, 2.75) is 13.0 Å². The van der Waals surface area contributed by atoms with Crippen molar-refractivity contribution in [3.05, 3.63) is 32.7 Å². The second-order valence-electron chi connectivity index (χ2n) is 3.17. The molecule has 2 rings (SSSR count). The SMILES string of the molecule is C[C@H](O)c1cc2[nH]c(=O)[nH]c2cc1Br. The van der Waals surface area contributed by atoms with E-state index in [1.165, 1.54) is 0 Å². The number of rotatable bonds is 1. The van der Waals surface area contributed by atoms with Crippen molar-refractivity contribution in [2.75, 3.05) is 0 Å². The number of aliphatic hydroxyl groups excluding tert-OH is 1. The third-order valence-corrected chi connectivity index (χ3v) is 2.77. The van der Waals surface area contributed by atoms with Gasteiger partial charge in [-0.05, 0) is 24.6 Å². The van der Waals surface area contributed by atoms with E-state index in [1.54, 1.807) is 19.1 Å². The van der Waals surface area contributed by atoms with Crippen LogP contribution in [0.5, 0.6) is 0 Å². The highest BCUT2D eigenvalue weighted by molar-refractivity contribution is 9.10. The summed E-state index contributed by atoms with van der Waals surface area (Å²) in [6.07, 6.45) is -0.563. The van der Waals surface area contributed by atoms with E-state index in [0.29, 0.717) is 5.52 Å². The molecule has 1 atom stereocenters. The Balaban J connectivity index is 2.76. The van der Waals surface area contributed by atoms with Gasteiger partial charge in [0.05, 0.1) is 17.1 Å². The van der Waals surface area contributed by atoms with Gasteiger partial charge < -0.3 is 15.1 Å². The maximum Gasteiger partial charge on any atom is 0.323 e. The van der Waals surface area contributed by atoms with E-state index in [-0.39, 0.29) is 5.69 Å². The highest BCUT2D eigenvalue weighted by atomic mass is 79.9. The monoisotopic (exact) mass is 256 g/mol. The van der Waals surface area contributed by atoms with Gasteiger partial charge in [0.2, 0.25) is 0 Å². The van der Waals surface area contributed by atoms with E-state index in [4.69, 9.17) is 0 Å². The molecule has 0 saturated carbocycles. The second kappa shape index (κ2) is 3.25. The van der Waals surface area contributed by atoms with Crippen LogP contribution in [0.2, 0.25) is 0 Å². The van der Waals surface area contributed by atoms with Gasteiger partial charge in [-0.15, -0.1) is 0 Å². The van der Waals surface area contributed by atoms with E-state index in [0.717, 1.165) is 15.6 Å². The molecule has 5 heteroatoms. The van der Waals surface area contributed by atoms with E-state index in [1.807, 2.05) is 0 Å². The predicted molar refractivity (Wildman–Crippen MR) is 57.3 cm³/mol. The summed E-state index contributed by atoms with van der Waals surface area (Å²) in [5.41, 5.74) is 1.95. The lowest BCUT2D eigenvalue weighted by Crippen LogP contribution is -1.99. The van der Waals surface area contributed by atoms with Gasteiger partial charge in [-0.1, -0.05) is 15.9 Å². The average Bonchev–Trinajstić information content (AvgIpc) is 2.42. The molecule has 0 bridgehead atoms. The fourth-order valence-corrected chi connectivity index (χ4v) is 2.07. The average molecular weight is 257 g/mol. The van der Waals surface area contributed by atoms with Gasteiger partial charge in [-0.2, -0.15) is 0 Å². The molecule has 1 heterocycles. The number of benzene rings is 1. The minimum Gasteiger partial charge on any atom is -0.389 e. The van der Waals surface area contributed by atoms with Crippen molar-refractivity contribution in [1.29, 1.82) is 0 Å². The molecule has 0 radical (unpaired) electrons. The van der Waals surface area contributed by atoms with Gasteiger partial charge >= 0.3 is 5.69 Å². The number of fused-ring (bicyclic) bond motifs is 1. The zero-order chi connectivity index (χ0) is 10.3. The zero-order valence-electron chi connectivity index (χ0n) is 7.47. The van der Waals surface area contributed by atoms with Gasteiger partial charge in [0, 0.05) is 4.47 Å². The topological polar surface area (TPSA) is 68.9 Å². The lowest BCUT2D eigenvalue weighted by molar-refractivity contribution is 0.198. The summed E-state index contributed by atoms with van der Waals surface area (Å²) in [6, 6.07) is 3.53. The number of nitrogens with one attached hydrogen (secondary N) is 2. The first-order valence-corrected chi connectivity index (χ1v) is 4.97. The van der Waals surface area contributed by atoms with Crippen LogP contribution in [0.15, 0.2) is 21.4 Å². The Labute approximate surface area is 88.1 Å². The number of aliphatic hydroxyl groups is 1. The second-order valence-corrected chi connectivity index (χ2v) is 4.03. The fraction of sp³-hybridized carbons (Fsp3) is 0.222. The van der Waals surface area contributed by atoms with Crippen LogP contribution in [0.1, 0.15) is 18.6 Å². The van der Waals surface area contributed by atoms with Crippen LogP contribution >= 0.6 is 15.9 Å². The van der Waals surface area contributed by atoms with E-state index in [9.17, 15) is 9.90 Å². The number of H-pyrrole nitrogens is 2. The Morgan fingerprint density at radius 1 is 1.36 bits per heavy atom. The van der Waals surface area contributed by atoms with Crippen LogP contribution in [-0.2, 0) is 0 Å². The lowest BCUT2D eigenvalue weighted by Gasteiger charge is -2.06. The van der Waals surface area contributed by atoms with Gasteiger partial charge in [0.25, 0.3) is 0 Å². The molecule has 0 amide bonds. The van der Waals surface area contributed by atoms with Gasteiger partial charge in [-0.25, -0.2) is 4.79 Å². The molecule has 0 spiro atoms. The van der Waals surface area contributed by atoms with Crippen molar-refractivity contribution >= 4 is 27.0 Å². The quantitative estimate of drug-likeness (QED) is 0.727. The molecule has 0 aliphatic carbocycles. The van der Waals surface area contributed by atoms with Crippen LogP contribution in [0, 0.1) is 0 Å². The molecular formula is C9H9BrN2O2. The Morgan fingerprint density at radius 3 is 2.50 bits per heavy atom. The van der Waals surface area contributed by atoms with E-state index >= 15 is 0 Å². The van der Waals surface area contributed by atoms with Gasteiger partial charge in [0.15, 0.2) is 0 Å². The first-order chi connectivity index (χ1) is 6.58. The molecule has 0 fully saturated rings. The number of hydrogen-bond acceptors (Lipinski definition) is 2. The highest BCUT2D eigenvalue weighted by Gasteiger charge is 2.09. The summed E-state index contributed by atoms with van der Waals surface area (Å²) in [7, 11) is 0. The van der Waals surface area contributed by atoms with Gasteiger partial charge in [0.1, 0.15) is 0 Å². The largest absolute Gasteiger partial charge is 0.389 e. The summed E-state index contributed by atoms with van der Waals surface area (Å²) in [4.78, 5) is 16.3. The first-order valence-electron chi connectivity index (χ1n) is 4.17. The number of halogens is 1. The first kappa shape index (κ1) is 9.48. The van der Waals surface area contributed by atoms with Crippen molar-refractivity contribution < 1.29 is 5.11 Å². The number of imidazole rings is 1. The van der Waals surface area contributed by atoms with Crippen molar-refractivity contribution in [2.24, 2.45) is 0 Å². The number of hydrogen-bond donors (Lipinski definition) is 3. The Kier molecular flexibility index (Phi) is 2.20. The Morgan fingerprint density at radius 2 is 1.93 bits per heavy atom. The minimum absolute atomic E-state index is 0.241. The molecular weight excluding hydrogens is 248 g/mol. The zero-order valence-corrected chi connectivity index (χ0v) is 9.05. The molecule has 4 nitrogen and oxygen atoms in total. The minimum atomic E-state index is -0.563. The van der Waals surface area contributed by atoms with E-state index in [2.05, 4.69) is 25.9 Å². The predicted octanol–water partition coefficient (Wildman–Crippen LogP) is 1.67. The summed E-state index contributed by atoms with van der Waals surface area (Å²) < 4.78 is 0.787. The summed E-state index contributed by atoms with van der Waals surface area (Å²) >= 11 is 3.33. The van der Waals surface area contributed by atoms with Crippen LogP contribution in [-0.4, -0.2) is 15.1 Å². The Bertz CT molecular complexity index is 527.